The number of hydrogen-bond acceptors (Lipinski definition) is 1. The second kappa shape index (κ2) is 5.01. The molecular weight excluding hydrogens is 194 g/mol. The average Bonchev–Trinajstić information content (AvgIpc) is 3.04. The molecule has 1 aliphatic carbocycles. The molecule has 1 unspecified atom stereocenters. The summed E-state index contributed by atoms with van der Waals surface area (Å²) in [5, 5.41) is 3.63. The fourth-order valence-electron chi connectivity index (χ4n) is 2.32. The first-order valence-corrected chi connectivity index (χ1v) is 6.46. The van der Waals surface area contributed by atoms with Crippen LogP contribution in [0.25, 0.3) is 0 Å². The number of rotatable bonds is 5. The molecule has 1 aliphatic rings. The van der Waals surface area contributed by atoms with Gasteiger partial charge >= 0.3 is 0 Å². The van der Waals surface area contributed by atoms with Crippen LogP contribution < -0.4 is 5.32 Å². The summed E-state index contributed by atoms with van der Waals surface area (Å²) < 4.78 is 0. The Hall–Kier alpha value is -0.820. The fourth-order valence-corrected chi connectivity index (χ4v) is 2.32. The maximum absolute atomic E-state index is 3.63. The van der Waals surface area contributed by atoms with Gasteiger partial charge in [0.05, 0.1) is 0 Å². The lowest BCUT2D eigenvalue weighted by atomic mass is 10.0. The Balaban J connectivity index is 1.80. The third-order valence-corrected chi connectivity index (χ3v) is 3.69. The molecule has 16 heavy (non-hydrogen) atoms. The molecular formula is C15H23N. The number of aryl methyl sites for hydroxylation is 2. The number of nitrogens with one attached hydrogen (secondary N) is 1. The van der Waals surface area contributed by atoms with Gasteiger partial charge in [0.25, 0.3) is 0 Å². The smallest absolute Gasteiger partial charge is 0.00671 e. The van der Waals surface area contributed by atoms with Gasteiger partial charge in [-0.2, -0.15) is 0 Å². The van der Waals surface area contributed by atoms with Crippen molar-refractivity contribution in [2.45, 2.75) is 46.1 Å². The predicted molar refractivity (Wildman–Crippen MR) is 69.8 cm³/mol. The van der Waals surface area contributed by atoms with Crippen LogP contribution in [0.2, 0.25) is 0 Å². The molecule has 0 bridgehead atoms. The maximum atomic E-state index is 3.63. The summed E-state index contributed by atoms with van der Waals surface area (Å²) in [7, 11) is 0. The lowest BCUT2D eigenvalue weighted by Gasteiger charge is -2.13. The molecule has 1 nitrogen and oxygen atoms in total. The van der Waals surface area contributed by atoms with Gasteiger partial charge in [-0.1, -0.05) is 23.8 Å². The zero-order chi connectivity index (χ0) is 11.5. The Morgan fingerprint density at radius 3 is 2.69 bits per heavy atom. The lowest BCUT2D eigenvalue weighted by Crippen LogP contribution is -2.29. The van der Waals surface area contributed by atoms with Gasteiger partial charge in [0.2, 0.25) is 0 Å². The van der Waals surface area contributed by atoms with Crippen molar-refractivity contribution in [3.05, 3.63) is 34.9 Å². The van der Waals surface area contributed by atoms with E-state index in [1.807, 2.05) is 0 Å². The van der Waals surface area contributed by atoms with E-state index in [1.165, 1.54) is 29.5 Å². The van der Waals surface area contributed by atoms with Crippen LogP contribution >= 0.6 is 0 Å². The van der Waals surface area contributed by atoms with Crippen molar-refractivity contribution in [1.29, 1.82) is 0 Å². The molecule has 0 aliphatic heterocycles. The van der Waals surface area contributed by atoms with Crippen molar-refractivity contribution in [2.24, 2.45) is 5.92 Å². The molecule has 0 heterocycles. The molecule has 1 fully saturated rings. The van der Waals surface area contributed by atoms with Gasteiger partial charge in [-0.05, 0) is 63.6 Å². The van der Waals surface area contributed by atoms with E-state index in [4.69, 9.17) is 0 Å². The standard InChI is InChI=1S/C15H23N/c1-11-4-5-14(12(2)10-11)8-9-16-13(3)15-6-7-15/h4-5,10,13,15-16H,6-9H2,1-3H3. The molecule has 2 rings (SSSR count). The molecule has 1 N–H and O–H groups in total. The third kappa shape index (κ3) is 3.08. The maximum Gasteiger partial charge on any atom is 0.00671 e. The summed E-state index contributed by atoms with van der Waals surface area (Å²) in [5.41, 5.74) is 4.28. The van der Waals surface area contributed by atoms with Gasteiger partial charge in [0.15, 0.2) is 0 Å². The molecule has 0 saturated heterocycles. The molecule has 0 radical (unpaired) electrons. The van der Waals surface area contributed by atoms with Gasteiger partial charge in [0.1, 0.15) is 0 Å². The minimum absolute atomic E-state index is 0.714. The zero-order valence-electron chi connectivity index (χ0n) is 10.7. The molecule has 1 aromatic rings. The SMILES string of the molecule is Cc1ccc(CCNC(C)C2CC2)c(C)c1. The van der Waals surface area contributed by atoms with E-state index in [-0.39, 0.29) is 0 Å². The molecule has 0 amide bonds. The Labute approximate surface area is 99.3 Å². The highest BCUT2D eigenvalue weighted by Gasteiger charge is 2.27. The highest BCUT2D eigenvalue weighted by Crippen LogP contribution is 2.32. The van der Waals surface area contributed by atoms with Crippen molar-refractivity contribution >= 4 is 0 Å². The summed E-state index contributed by atoms with van der Waals surface area (Å²) in [6, 6.07) is 7.48. The first kappa shape index (κ1) is 11.7. The van der Waals surface area contributed by atoms with Crippen LogP contribution in [0, 0.1) is 19.8 Å². The van der Waals surface area contributed by atoms with E-state index >= 15 is 0 Å². The van der Waals surface area contributed by atoms with Crippen LogP contribution in [0.5, 0.6) is 0 Å². The van der Waals surface area contributed by atoms with Crippen LogP contribution in [0.15, 0.2) is 18.2 Å². The van der Waals surface area contributed by atoms with Crippen molar-refractivity contribution < 1.29 is 0 Å². The number of benzene rings is 1. The van der Waals surface area contributed by atoms with Crippen LogP contribution in [-0.4, -0.2) is 12.6 Å². The van der Waals surface area contributed by atoms with Crippen LogP contribution in [0.3, 0.4) is 0 Å². The van der Waals surface area contributed by atoms with E-state index in [2.05, 4.69) is 44.3 Å². The highest BCUT2D eigenvalue weighted by atomic mass is 14.9. The topological polar surface area (TPSA) is 12.0 Å². The van der Waals surface area contributed by atoms with Crippen LogP contribution in [-0.2, 0) is 6.42 Å². The quantitative estimate of drug-likeness (QED) is 0.798. The summed E-state index contributed by atoms with van der Waals surface area (Å²) in [6.45, 7) is 7.80. The number of hydrogen-bond donors (Lipinski definition) is 1. The van der Waals surface area contributed by atoms with E-state index in [1.54, 1.807) is 0 Å². The minimum Gasteiger partial charge on any atom is -0.314 e. The second-order valence-electron chi connectivity index (χ2n) is 5.26. The van der Waals surface area contributed by atoms with Gasteiger partial charge < -0.3 is 5.32 Å². The van der Waals surface area contributed by atoms with Gasteiger partial charge in [-0.3, -0.25) is 0 Å². The van der Waals surface area contributed by atoms with Crippen LogP contribution in [0.1, 0.15) is 36.5 Å². The monoisotopic (exact) mass is 217 g/mol. The van der Waals surface area contributed by atoms with Crippen molar-refractivity contribution in [1.82, 2.24) is 5.32 Å². The molecule has 1 aromatic carbocycles. The third-order valence-electron chi connectivity index (χ3n) is 3.69. The molecule has 88 valence electrons. The summed E-state index contributed by atoms with van der Waals surface area (Å²) in [4.78, 5) is 0. The largest absolute Gasteiger partial charge is 0.314 e. The first-order chi connectivity index (χ1) is 7.66. The first-order valence-electron chi connectivity index (χ1n) is 6.46. The van der Waals surface area contributed by atoms with Crippen LogP contribution in [0.4, 0.5) is 0 Å². The van der Waals surface area contributed by atoms with Crippen molar-refractivity contribution in [2.75, 3.05) is 6.54 Å². The van der Waals surface area contributed by atoms with Crippen molar-refractivity contribution in [3.63, 3.8) is 0 Å². The van der Waals surface area contributed by atoms with E-state index in [0.717, 1.165) is 18.9 Å². The minimum atomic E-state index is 0.714. The summed E-state index contributed by atoms with van der Waals surface area (Å²) in [5.74, 6) is 0.958. The molecule has 0 spiro atoms. The van der Waals surface area contributed by atoms with Gasteiger partial charge in [0, 0.05) is 6.04 Å². The Morgan fingerprint density at radius 2 is 2.06 bits per heavy atom. The van der Waals surface area contributed by atoms with E-state index in [9.17, 15) is 0 Å². The Kier molecular flexibility index (Phi) is 3.65. The van der Waals surface area contributed by atoms with Crippen molar-refractivity contribution in [3.8, 4) is 0 Å². The summed E-state index contributed by atoms with van der Waals surface area (Å²) >= 11 is 0. The summed E-state index contributed by atoms with van der Waals surface area (Å²) in [6.07, 6.45) is 4.01. The molecule has 0 aromatic heterocycles. The fraction of sp³-hybridized carbons (Fsp3) is 0.600. The Morgan fingerprint density at radius 1 is 1.31 bits per heavy atom. The molecule has 1 atom stereocenters. The average molecular weight is 217 g/mol. The van der Waals surface area contributed by atoms with E-state index in [0.29, 0.717) is 6.04 Å². The zero-order valence-corrected chi connectivity index (χ0v) is 10.7. The molecule has 1 heteroatoms. The second-order valence-corrected chi connectivity index (χ2v) is 5.26. The lowest BCUT2D eigenvalue weighted by molar-refractivity contribution is 0.500. The molecule has 1 saturated carbocycles. The normalized spacial score (nSPS) is 17.4. The highest BCUT2D eigenvalue weighted by molar-refractivity contribution is 5.30. The van der Waals surface area contributed by atoms with Gasteiger partial charge in [-0.25, -0.2) is 0 Å². The predicted octanol–water partition coefficient (Wildman–Crippen LogP) is 3.23. The van der Waals surface area contributed by atoms with E-state index < -0.39 is 0 Å². The van der Waals surface area contributed by atoms with Gasteiger partial charge in [-0.15, -0.1) is 0 Å². The Bertz CT molecular complexity index is 352.